The van der Waals surface area contributed by atoms with E-state index >= 15 is 0 Å². The molecule has 94 valence electrons. The highest BCUT2D eigenvalue weighted by Crippen LogP contribution is 2.28. The number of nitrogens with one attached hydrogen (secondary N) is 1. The third-order valence-corrected chi connectivity index (χ3v) is 3.77. The maximum Gasteiger partial charge on any atom is 0.0819 e. The van der Waals surface area contributed by atoms with Gasteiger partial charge in [0.1, 0.15) is 0 Å². The Labute approximate surface area is 104 Å². The smallest absolute Gasteiger partial charge is 0.0819 e. The third kappa shape index (κ3) is 3.47. The van der Waals surface area contributed by atoms with Crippen LogP contribution in [0.2, 0.25) is 0 Å². The molecule has 0 bridgehead atoms. The summed E-state index contributed by atoms with van der Waals surface area (Å²) < 4.78 is 0. The second kappa shape index (κ2) is 5.54. The standard InChI is InChI=1S/C15H23NO/c1-2-13-6-8-14(9-7-13)16-12-15(17)10-4-3-5-11-15/h6-9,16-17H,2-5,10-12H2,1H3. The predicted octanol–water partition coefficient (Wildman–Crippen LogP) is 3.36. The highest BCUT2D eigenvalue weighted by atomic mass is 16.3. The first-order valence-electron chi connectivity index (χ1n) is 6.77. The van der Waals surface area contributed by atoms with Crippen molar-refractivity contribution in [1.29, 1.82) is 0 Å². The van der Waals surface area contributed by atoms with Crippen LogP contribution in [0.15, 0.2) is 24.3 Å². The average Bonchev–Trinajstić information content (AvgIpc) is 2.38. The van der Waals surface area contributed by atoms with Gasteiger partial charge in [0, 0.05) is 12.2 Å². The van der Waals surface area contributed by atoms with Gasteiger partial charge < -0.3 is 10.4 Å². The second-order valence-electron chi connectivity index (χ2n) is 5.19. The Morgan fingerprint density at radius 1 is 1.12 bits per heavy atom. The Kier molecular flexibility index (Phi) is 4.06. The first-order valence-corrected chi connectivity index (χ1v) is 6.77. The maximum absolute atomic E-state index is 10.4. The summed E-state index contributed by atoms with van der Waals surface area (Å²) in [4.78, 5) is 0. The first kappa shape index (κ1) is 12.4. The van der Waals surface area contributed by atoms with Gasteiger partial charge in [0.2, 0.25) is 0 Å². The van der Waals surface area contributed by atoms with Crippen molar-refractivity contribution in [2.24, 2.45) is 0 Å². The van der Waals surface area contributed by atoms with Crippen molar-refractivity contribution in [2.45, 2.75) is 51.0 Å². The van der Waals surface area contributed by atoms with Crippen LogP contribution in [0.25, 0.3) is 0 Å². The molecule has 0 atom stereocenters. The molecule has 0 amide bonds. The van der Waals surface area contributed by atoms with Gasteiger partial charge in [-0.25, -0.2) is 0 Å². The topological polar surface area (TPSA) is 32.3 Å². The lowest BCUT2D eigenvalue weighted by molar-refractivity contribution is 0.0167. The number of aryl methyl sites for hydroxylation is 1. The molecule has 1 aromatic rings. The minimum Gasteiger partial charge on any atom is -0.388 e. The molecule has 0 saturated heterocycles. The summed E-state index contributed by atoms with van der Waals surface area (Å²) in [5.74, 6) is 0. The van der Waals surface area contributed by atoms with E-state index < -0.39 is 5.60 Å². The molecule has 1 fully saturated rings. The fourth-order valence-corrected chi connectivity index (χ4v) is 2.51. The fraction of sp³-hybridized carbons (Fsp3) is 0.600. The fourth-order valence-electron chi connectivity index (χ4n) is 2.51. The van der Waals surface area contributed by atoms with E-state index in [0.29, 0.717) is 6.54 Å². The van der Waals surface area contributed by atoms with Gasteiger partial charge in [-0.15, -0.1) is 0 Å². The lowest BCUT2D eigenvalue weighted by Gasteiger charge is -2.32. The number of anilines is 1. The van der Waals surface area contributed by atoms with Crippen LogP contribution in [0.5, 0.6) is 0 Å². The van der Waals surface area contributed by atoms with Crippen molar-refractivity contribution in [2.75, 3.05) is 11.9 Å². The number of rotatable bonds is 4. The molecule has 2 N–H and O–H groups in total. The van der Waals surface area contributed by atoms with Crippen LogP contribution < -0.4 is 5.32 Å². The molecule has 0 unspecified atom stereocenters. The van der Waals surface area contributed by atoms with Gasteiger partial charge in [-0.05, 0) is 37.0 Å². The zero-order valence-corrected chi connectivity index (χ0v) is 10.7. The maximum atomic E-state index is 10.4. The van der Waals surface area contributed by atoms with E-state index in [1.807, 2.05) is 0 Å². The first-order chi connectivity index (χ1) is 8.22. The van der Waals surface area contributed by atoms with E-state index in [-0.39, 0.29) is 0 Å². The van der Waals surface area contributed by atoms with E-state index in [1.165, 1.54) is 12.0 Å². The molecule has 2 heteroatoms. The summed E-state index contributed by atoms with van der Waals surface area (Å²) in [5.41, 5.74) is 1.98. The van der Waals surface area contributed by atoms with Crippen LogP contribution in [0, 0.1) is 0 Å². The van der Waals surface area contributed by atoms with Gasteiger partial charge in [0.25, 0.3) is 0 Å². The lowest BCUT2D eigenvalue weighted by atomic mass is 9.85. The molecular formula is C15H23NO. The van der Waals surface area contributed by atoms with Crippen molar-refractivity contribution in [3.05, 3.63) is 29.8 Å². The monoisotopic (exact) mass is 233 g/mol. The molecule has 2 nitrogen and oxygen atoms in total. The Hall–Kier alpha value is -1.02. The highest BCUT2D eigenvalue weighted by molar-refractivity contribution is 5.44. The van der Waals surface area contributed by atoms with E-state index in [4.69, 9.17) is 0 Å². The lowest BCUT2D eigenvalue weighted by Crippen LogP contribution is -2.38. The molecule has 1 saturated carbocycles. The molecule has 1 aliphatic rings. The van der Waals surface area contributed by atoms with Crippen LogP contribution >= 0.6 is 0 Å². The molecule has 0 radical (unpaired) electrons. The summed E-state index contributed by atoms with van der Waals surface area (Å²) in [5, 5.41) is 13.7. The summed E-state index contributed by atoms with van der Waals surface area (Å²) >= 11 is 0. The van der Waals surface area contributed by atoms with Crippen molar-refractivity contribution in [3.63, 3.8) is 0 Å². The zero-order valence-electron chi connectivity index (χ0n) is 10.7. The van der Waals surface area contributed by atoms with Crippen LogP contribution in [-0.4, -0.2) is 17.3 Å². The quantitative estimate of drug-likeness (QED) is 0.836. The van der Waals surface area contributed by atoms with E-state index in [1.54, 1.807) is 0 Å². The van der Waals surface area contributed by atoms with Crippen LogP contribution in [0.4, 0.5) is 5.69 Å². The van der Waals surface area contributed by atoms with Crippen LogP contribution in [-0.2, 0) is 6.42 Å². The van der Waals surface area contributed by atoms with E-state index in [0.717, 1.165) is 37.8 Å². The molecule has 2 rings (SSSR count). The van der Waals surface area contributed by atoms with Crippen molar-refractivity contribution in [3.8, 4) is 0 Å². The molecule has 0 spiro atoms. The van der Waals surface area contributed by atoms with Gasteiger partial charge in [-0.3, -0.25) is 0 Å². The summed E-state index contributed by atoms with van der Waals surface area (Å²) in [6.45, 7) is 2.84. The molecule has 0 heterocycles. The van der Waals surface area contributed by atoms with Gasteiger partial charge >= 0.3 is 0 Å². The van der Waals surface area contributed by atoms with Gasteiger partial charge in [0.15, 0.2) is 0 Å². The minimum absolute atomic E-state index is 0.484. The summed E-state index contributed by atoms with van der Waals surface area (Å²) in [6.07, 6.45) is 6.54. The SMILES string of the molecule is CCc1ccc(NCC2(O)CCCCC2)cc1. The third-order valence-electron chi connectivity index (χ3n) is 3.77. The molecule has 0 aromatic heterocycles. The second-order valence-corrected chi connectivity index (χ2v) is 5.19. The highest BCUT2D eigenvalue weighted by Gasteiger charge is 2.28. The average molecular weight is 233 g/mol. The molecule has 17 heavy (non-hydrogen) atoms. The normalized spacial score (nSPS) is 18.9. The molecule has 0 aliphatic heterocycles. The molecular weight excluding hydrogens is 210 g/mol. The number of aliphatic hydroxyl groups is 1. The van der Waals surface area contributed by atoms with E-state index in [9.17, 15) is 5.11 Å². The van der Waals surface area contributed by atoms with Crippen molar-refractivity contribution >= 4 is 5.69 Å². The zero-order chi connectivity index (χ0) is 12.1. The largest absolute Gasteiger partial charge is 0.388 e. The number of hydrogen-bond acceptors (Lipinski definition) is 2. The minimum atomic E-state index is -0.484. The number of benzene rings is 1. The Balaban J connectivity index is 1.87. The Morgan fingerprint density at radius 3 is 2.35 bits per heavy atom. The molecule has 1 aromatic carbocycles. The Morgan fingerprint density at radius 2 is 1.76 bits per heavy atom. The van der Waals surface area contributed by atoms with Gasteiger partial charge in [-0.2, -0.15) is 0 Å². The molecule has 1 aliphatic carbocycles. The van der Waals surface area contributed by atoms with Crippen molar-refractivity contribution in [1.82, 2.24) is 0 Å². The van der Waals surface area contributed by atoms with Gasteiger partial charge in [0.05, 0.1) is 5.60 Å². The number of hydrogen-bond donors (Lipinski definition) is 2. The van der Waals surface area contributed by atoms with E-state index in [2.05, 4.69) is 36.5 Å². The van der Waals surface area contributed by atoms with Gasteiger partial charge in [-0.1, -0.05) is 38.3 Å². The van der Waals surface area contributed by atoms with Crippen molar-refractivity contribution < 1.29 is 5.11 Å². The predicted molar refractivity (Wildman–Crippen MR) is 72.3 cm³/mol. The Bertz CT molecular complexity index is 338. The van der Waals surface area contributed by atoms with Crippen LogP contribution in [0.3, 0.4) is 0 Å². The summed E-state index contributed by atoms with van der Waals surface area (Å²) in [7, 11) is 0. The van der Waals surface area contributed by atoms with Crippen LogP contribution in [0.1, 0.15) is 44.6 Å². The summed E-state index contributed by atoms with van der Waals surface area (Å²) in [6, 6.07) is 8.50.